The van der Waals surface area contributed by atoms with Gasteiger partial charge in [0.15, 0.2) is 0 Å². The fourth-order valence-corrected chi connectivity index (χ4v) is 8.20. The molecule has 0 nitrogen and oxygen atoms in total. The van der Waals surface area contributed by atoms with Gasteiger partial charge in [0.25, 0.3) is 6.13 Å². The van der Waals surface area contributed by atoms with Crippen LogP contribution in [-0.2, 0) is 0 Å². The van der Waals surface area contributed by atoms with E-state index in [4.69, 9.17) is 11.5 Å². The Kier molecular flexibility index (Phi) is 3.39. The lowest BCUT2D eigenvalue weighted by Gasteiger charge is -2.65. The van der Waals surface area contributed by atoms with Gasteiger partial charge in [-0.2, -0.15) is 11.5 Å². The SMILES string of the molecule is C[C@@H]1[C@H]2C[C@@H](C[C@H]1B(Cl)[C@@H]1C[C@@H]3C[C@@H]([C@H]1C)C3(C)C)C2(C)C. The first kappa shape index (κ1) is 15.9. The highest BCUT2D eigenvalue weighted by Crippen LogP contribution is 2.69. The Hall–Kier alpha value is 0.355. The summed E-state index contributed by atoms with van der Waals surface area (Å²) in [5.74, 6) is 7.00. The van der Waals surface area contributed by atoms with Gasteiger partial charge >= 0.3 is 0 Å². The lowest BCUT2D eigenvalue weighted by atomic mass is 9.30. The van der Waals surface area contributed by atoms with E-state index in [1.807, 2.05) is 0 Å². The topological polar surface area (TPSA) is 0 Å². The standard InChI is InChI=1S/C20H34BCl/c1-11-15-7-13(19(15,3)4)9-17(11)21(22)18-10-14-8-16(12(18)2)20(14,5)6/h11-18H,7-10H2,1-6H3/t11-,12-,13+,14+,15-,16+,17-,18-/m1/s1. The van der Waals surface area contributed by atoms with Crippen molar-refractivity contribution in [3.05, 3.63) is 0 Å². The van der Waals surface area contributed by atoms with Crippen molar-refractivity contribution in [3.63, 3.8) is 0 Å². The van der Waals surface area contributed by atoms with Gasteiger partial charge in [-0.25, -0.2) is 0 Å². The van der Waals surface area contributed by atoms with Crippen molar-refractivity contribution in [1.29, 1.82) is 0 Å². The van der Waals surface area contributed by atoms with Gasteiger partial charge in [-0.15, -0.1) is 0 Å². The first-order chi connectivity index (χ1) is 10.2. The van der Waals surface area contributed by atoms with E-state index in [0.717, 1.165) is 47.1 Å². The van der Waals surface area contributed by atoms with Crippen LogP contribution in [0, 0.1) is 46.3 Å². The first-order valence-electron chi connectivity index (χ1n) is 9.79. The first-order valence-corrected chi connectivity index (χ1v) is 10.2. The van der Waals surface area contributed by atoms with Gasteiger partial charge in [0.05, 0.1) is 0 Å². The highest BCUT2D eigenvalue weighted by molar-refractivity contribution is 7.08. The number of hydrogen-bond donors (Lipinski definition) is 0. The van der Waals surface area contributed by atoms with Gasteiger partial charge in [-0.3, -0.25) is 0 Å². The van der Waals surface area contributed by atoms with Crippen LogP contribution in [0.2, 0.25) is 11.6 Å². The molecule has 0 aliphatic heterocycles. The monoisotopic (exact) mass is 320 g/mol. The molecule has 0 aromatic carbocycles. The minimum Gasteiger partial charge on any atom is -0.195 e. The summed E-state index contributed by atoms with van der Waals surface area (Å²) >= 11 is 7.19. The molecule has 0 aromatic rings. The molecule has 124 valence electrons. The van der Waals surface area contributed by atoms with Gasteiger partial charge in [-0.05, 0) is 70.8 Å². The zero-order chi connectivity index (χ0) is 16.0. The number of halogens is 1. The maximum atomic E-state index is 7.19. The molecule has 0 spiro atoms. The molecular formula is C20H34BCl. The van der Waals surface area contributed by atoms with Crippen molar-refractivity contribution in [2.75, 3.05) is 0 Å². The normalized spacial score (nSPS) is 54.1. The molecule has 0 radical (unpaired) electrons. The van der Waals surface area contributed by atoms with Crippen LogP contribution in [0.25, 0.3) is 0 Å². The van der Waals surface area contributed by atoms with Crippen LogP contribution in [0.4, 0.5) is 0 Å². The molecular weight excluding hydrogens is 286 g/mol. The Morgan fingerprint density at radius 2 is 1.09 bits per heavy atom. The summed E-state index contributed by atoms with van der Waals surface area (Å²) in [4.78, 5) is 0. The fourth-order valence-electron chi connectivity index (χ4n) is 7.54. The molecule has 6 rings (SSSR count). The number of hydrogen-bond acceptors (Lipinski definition) is 0. The third kappa shape index (κ3) is 1.84. The molecule has 2 heteroatoms. The quantitative estimate of drug-likeness (QED) is 0.519. The van der Waals surface area contributed by atoms with E-state index in [1.165, 1.54) is 25.7 Å². The Morgan fingerprint density at radius 3 is 1.36 bits per heavy atom. The molecule has 6 aliphatic carbocycles. The number of rotatable bonds is 2. The molecule has 4 bridgehead atoms. The van der Waals surface area contributed by atoms with E-state index in [1.54, 1.807) is 0 Å². The second-order valence-electron chi connectivity index (χ2n) is 10.7. The average molecular weight is 321 g/mol. The Morgan fingerprint density at radius 1 is 0.727 bits per heavy atom. The van der Waals surface area contributed by atoms with Crippen molar-refractivity contribution in [1.82, 2.24) is 0 Å². The van der Waals surface area contributed by atoms with E-state index in [2.05, 4.69) is 41.5 Å². The lowest BCUT2D eigenvalue weighted by molar-refractivity contribution is -0.106. The molecule has 6 aliphatic rings. The summed E-state index contributed by atoms with van der Waals surface area (Å²) in [6.07, 6.45) is 6.20. The second kappa shape index (κ2) is 4.71. The van der Waals surface area contributed by atoms with Gasteiger partial charge in [0.1, 0.15) is 0 Å². The molecule has 22 heavy (non-hydrogen) atoms. The van der Waals surface area contributed by atoms with Crippen molar-refractivity contribution in [2.24, 2.45) is 46.3 Å². The fraction of sp³-hybridized carbons (Fsp3) is 1.00. The molecule has 0 unspecified atom stereocenters. The van der Waals surface area contributed by atoms with Crippen molar-refractivity contribution < 1.29 is 0 Å². The predicted molar refractivity (Wildman–Crippen MR) is 97.4 cm³/mol. The van der Waals surface area contributed by atoms with Crippen LogP contribution in [0.3, 0.4) is 0 Å². The van der Waals surface area contributed by atoms with E-state index in [0.29, 0.717) is 17.0 Å². The Labute approximate surface area is 143 Å². The molecule has 0 amide bonds. The van der Waals surface area contributed by atoms with Crippen molar-refractivity contribution >= 4 is 17.6 Å². The predicted octanol–water partition coefficient (Wildman–Crippen LogP) is 6.36. The molecule has 6 saturated carbocycles. The van der Waals surface area contributed by atoms with Crippen molar-refractivity contribution in [2.45, 2.75) is 78.9 Å². The van der Waals surface area contributed by atoms with Crippen LogP contribution in [0.1, 0.15) is 67.2 Å². The van der Waals surface area contributed by atoms with Crippen molar-refractivity contribution in [3.8, 4) is 0 Å². The average Bonchev–Trinajstić information content (AvgIpc) is 2.45. The summed E-state index contributed by atoms with van der Waals surface area (Å²) < 4.78 is 0. The maximum absolute atomic E-state index is 7.19. The van der Waals surface area contributed by atoms with Gasteiger partial charge in [0.2, 0.25) is 0 Å². The molecule has 8 atom stereocenters. The minimum atomic E-state index is 0.438. The summed E-state index contributed by atoms with van der Waals surface area (Å²) in [6, 6.07) is 0. The van der Waals surface area contributed by atoms with E-state index < -0.39 is 0 Å². The van der Waals surface area contributed by atoms with Crippen LogP contribution >= 0.6 is 11.5 Å². The van der Waals surface area contributed by atoms with E-state index >= 15 is 0 Å². The highest BCUT2D eigenvalue weighted by atomic mass is 35.5. The second-order valence-corrected chi connectivity index (χ2v) is 11.2. The zero-order valence-corrected chi connectivity index (χ0v) is 16.2. The summed E-state index contributed by atoms with van der Waals surface area (Å²) in [6.45, 7) is 15.0. The van der Waals surface area contributed by atoms with E-state index in [9.17, 15) is 0 Å². The van der Waals surface area contributed by atoms with Gasteiger partial charge < -0.3 is 0 Å². The number of fused-ring (bicyclic) bond motifs is 4. The van der Waals surface area contributed by atoms with Gasteiger partial charge in [-0.1, -0.05) is 54.4 Å². The third-order valence-electron chi connectivity index (χ3n) is 9.64. The van der Waals surface area contributed by atoms with Crippen LogP contribution in [0.5, 0.6) is 0 Å². The molecule has 6 fully saturated rings. The van der Waals surface area contributed by atoms with Crippen LogP contribution < -0.4 is 0 Å². The van der Waals surface area contributed by atoms with Crippen LogP contribution in [-0.4, -0.2) is 6.13 Å². The molecule has 0 heterocycles. The minimum absolute atomic E-state index is 0.438. The largest absolute Gasteiger partial charge is 0.257 e. The highest BCUT2D eigenvalue weighted by Gasteiger charge is 2.62. The lowest BCUT2D eigenvalue weighted by Crippen LogP contribution is -2.58. The molecule has 0 N–H and O–H groups in total. The third-order valence-corrected chi connectivity index (χ3v) is 10.3. The summed E-state index contributed by atoms with van der Waals surface area (Å²) in [5.41, 5.74) is 1.18. The smallest absolute Gasteiger partial charge is 0.195 e. The maximum Gasteiger partial charge on any atom is 0.257 e. The zero-order valence-electron chi connectivity index (χ0n) is 15.4. The Bertz CT molecular complexity index is 428. The molecule has 0 saturated heterocycles. The Balaban J connectivity index is 1.49. The molecule has 0 aromatic heterocycles. The summed E-state index contributed by atoms with van der Waals surface area (Å²) in [7, 11) is 0. The van der Waals surface area contributed by atoms with Gasteiger partial charge in [0, 0.05) is 0 Å². The van der Waals surface area contributed by atoms with Crippen LogP contribution in [0.15, 0.2) is 0 Å². The van der Waals surface area contributed by atoms with E-state index in [-0.39, 0.29) is 0 Å². The summed E-state index contributed by atoms with van der Waals surface area (Å²) in [5, 5.41) is 0.